The third kappa shape index (κ3) is 10.1. The highest BCUT2D eigenvalue weighted by Crippen LogP contribution is 2.32. The standard InChI is InChI=1S/C28H45N3O6/c1-10-20-13-15-21(16-14-20)23(24(33)29-18-17-22(32)36-12-3)31(28(8,9)11-2)25(34)19(4)30-26(35)37-27(5,6)7/h13-16,19,23H,10-12,17-18H2,1-9H3,(H,29,33)(H,30,35). The highest BCUT2D eigenvalue weighted by Gasteiger charge is 2.42. The van der Waals surface area contributed by atoms with Gasteiger partial charge < -0.3 is 25.0 Å². The number of nitrogens with one attached hydrogen (secondary N) is 2. The van der Waals surface area contributed by atoms with E-state index in [1.54, 1.807) is 34.6 Å². The van der Waals surface area contributed by atoms with Gasteiger partial charge in [0.2, 0.25) is 11.8 Å². The number of ether oxygens (including phenoxy) is 2. The predicted octanol–water partition coefficient (Wildman–Crippen LogP) is 4.29. The number of aryl methyl sites for hydroxylation is 1. The van der Waals surface area contributed by atoms with Gasteiger partial charge in [-0.1, -0.05) is 38.1 Å². The molecule has 0 saturated carbocycles. The van der Waals surface area contributed by atoms with Gasteiger partial charge >= 0.3 is 12.1 Å². The summed E-state index contributed by atoms with van der Waals surface area (Å²) in [7, 11) is 0. The van der Waals surface area contributed by atoms with Crippen molar-refractivity contribution in [1.82, 2.24) is 15.5 Å². The lowest BCUT2D eigenvalue weighted by atomic mass is 9.91. The first kappa shape index (κ1) is 31.9. The molecule has 208 valence electrons. The van der Waals surface area contributed by atoms with Crippen molar-refractivity contribution in [3.05, 3.63) is 35.4 Å². The number of hydrogen-bond donors (Lipinski definition) is 2. The second-order valence-corrected chi connectivity index (χ2v) is 10.6. The number of carbonyl (C=O) groups excluding carboxylic acids is 4. The molecule has 0 bridgehead atoms. The van der Waals surface area contributed by atoms with Crippen molar-refractivity contribution in [3.8, 4) is 0 Å². The van der Waals surface area contributed by atoms with Gasteiger partial charge in [-0.3, -0.25) is 14.4 Å². The molecule has 0 aromatic heterocycles. The third-order valence-electron chi connectivity index (χ3n) is 6.00. The smallest absolute Gasteiger partial charge is 0.408 e. The highest BCUT2D eigenvalue weighted by atomic mass is 16.6. The van der Waals surface area contributed by atoms with Crippen LogP contribution in [0.25, 0.3) is 0 Å². The van der Waals surface area contributed by atoms with E-state index in [-0.39, 0.29) is 19.6 Å². The summed E-state index contributed by atoms with van der Waals surface area (Å²) in [4.78, 5) is 53.2. The normalized spacial score (nSPS) is 13.2. The Balaban J connectivity index is 3.39. The highest BCUT2D eigenvalue weighted by molar-refractivity contribution is 5.92. The monoisotopic (exact) mass is 519 g/mol. The number of carbonyl (C=O) groups is 4. The summed E-state index contributed by atoms with van der Waals surface area (Å²) < 4.78 is 10.3. The number of rotatable bonds is 12. The van der Waals surface area contributed by atoms with Crippen LogP contribution in [0, 0.1) is 0 Å². The van der Waals surface area contributed by atoms with Crippen LogP contribution in [0.4, 0.5) is 4.79 Å². The Morgan fingerprint density at radius 2 is 1.57 bits per heavy atom. The van der Waals surface area contributed by atoms with E-state index in [2.05, 4.69) is 10.6 Å². The Hall–Kier alpha value is -3.10. The van der Waals surface area contributed by atoms with Gasteiger partial charge in [0, 0.05) is 12.1 Å². The molecule has 0 heterocycles. The van der Waals surface area contributed by atoms with Crippen LogP contribution in [0.2, 0.25) is 0 Å². The zero-order valence-electron chi connectivity index (χ0n) is 23.9. The van der Waals surface area contributed by atoms with Crippen molar-refractivity contribution in [2.75, 3.05) is 13.2 Å². The lowest BCUT2D eigenvalue weighted by Crippen LogP contribution is -2.58. The molecule has 9 heteroatoms. The molecule has 1 rings (SSSR count). The molecule has 9 nitrogen and oxygen atoms in total. The first-order valence-electron chi connectivity index (χ1n) is 13.0. The van der Waals surface area contributed by atoms with Gasteiger partial charge in [-0.15, -0.1) is 0 Å². The zero-order valence-corrected chi connectivity index (χ0v) is 23.9. The van der Waals surface area contributed by atoms with Crippen molar-refractivity contribution in [1.29, 1.82) is 0 Å². The number of benzene rings is 1. The number of amides is 3. The molecule has 2 N–H and O–H groups in total. The summed E-state index contributed by atoms with van der Waals surface area (Å²) in [5.74, 6) is -1.26. The van der Waals surface area contributed by atoms with Gasteiger partial charge in [0.1, 0.15) is 17.7 Å². The van der Waals surface area contributed by atoms with E-state index in [0.717, 1.165) is 12.0 Å². The summed E-state index contributed by atoms with van der Waals surface area (Å²) in [6, 6.07) is 5.60. The second kappa shape index (κ2) is 14.0. The fourth-order valence-corrected chi connectivity index (χ4v) is 3.67. The van der Waals surface area contributed by atoms with E-state index < -0.39 is 47.1 Å². The Morgan fingerprint density at radius 3 is 2.05 bits per heavy atom. The third-order valence-corrected chi connectivity index (χ3v) is 6.00. The Labute approximate surface area is 221 Å². The predicted molar refractivity (Wildman–Crippen MR) is 143 cm³/mol. The molecule has 0 fully saturated rings. The topological polar surface area (TPSA) is 114 Å². The van der Waals surface area contributed by atoms with Gasteiger partial charge in [0.05, 0.1) is 13.0 Å². The van der Waals surface area contributed by atoms with E-state index in [9.17, 15) is 19.2 Å². The number of hydrogen-bond acceptors (Lipinski definition) is 6. The van der Waals surface area contributed by atoms with Crippen LogP contribution in [0.3, 0.4) is 0 Å². The molecule has 0 aliphatic heterocycles. The van der Waals surface area contributed by atoms with E-state index >= 15 is 0 Å². The molecule has 0 aliphatic carbocycles. The minimum absolute atomic E-state index is 0.0167. The first-order chi connectivity index (χ1) is 17.2. The molecule has 0 saturated heterocycles. The maximum absolute atomic E-state index is 13.9. The fraction of sp³-hybridized carbons (Fsp3) is 0.643. The van der Waals surface area contributed by atoms with E-state index in [0.29, 0.717) is 12.0 Å². The van der Waals surface area contributed by atoms with Crippen LogP contribution in [0.5, 0.6) is 0 Å². The molecular weight excluding hydrogens is 474 g/mol. The Bertz CT molecular complexity index is 921. The average Bonchev–Trinajstić information content (AvgIpc) is 2.80. The summed E-state index contributed by atoms with van der Waals surface area (Å²) in [5.41, 5.74) is 0.258. The van der Waals surface area contributed by atoms with Crippen LogP contribution in [-0.2, 0) is 30.3 Å². The SMILES string of the molecule is CCOC(=O)CCNC(=O)C(c1ccc(CC)cc1)N(C(=O)C(C)NC(=O)OC(C)(C)C)C(C)(C)CC. The van der Waals surface area contributed by atoms with Crippen molar-refractivity contribution in [2.24, 2.45) is 0 Å². The van der Waals surface area contributed by atoms with E-state index in [4.69, 9.17) is 9.47 Å². The summed E-state index contributed by atoms with van der Waals surface area (Å²) in [5, 5.41) is 5.40. The van der Waals surface area contributed by atoms with Crippen molar-refractivity contribution in [3.63, 3.8) is 0 Å². The zero-order chi connectivity index (χ0) is 28.4. The molecule has 37 heavy (non-hydrogen) atoms. The molecule has 0 spiro atoms. The van der Waals surface area contributed by atoms with Crippen molar-refractivity contribution in [2.45, 2.75) is 105 Å². The Morgan fingerprint density at radius 1 is 0.973 bits per heavy atom. The van der Waals surface area contributed by atoms with Crippen molar-refractivity contribution >= 4 is 23.9 Å². The average molecular weight is 520 g/mol. The lowest BCUT2D eigenvalue weighted by molar-refractivity contribution is -0.149. The van der Waals surface area contributed by atoms with E-state index in [1.165, 1.54) is 4.90 Å². The fourth-order valence-electron chi connectivity index (χ4n) is 3.67. The number of nitrogens with zero attached hydrogens (tertiary/aromatic N) is 1. The summed E-state index contributed by atoms with van der Waals surface area (Å²) in [6.45, 7) is 16.6. The Kier molecular flexibility index (Phi) is 12.1. The maximum Gasteiger partial charge on any atom is 0.408 e. The van der Waals surface area contributed by atoms with Gasteiger partial charge in [0.15, 0.2) is 0 Å². The second-order valence-electron chi connectivity index (χ2n) is 10.6. The van der Waals surface area contributed by atoms with Crippen LogP contribution < -0.4 is 10.6 Å². The summed E-state index contributed by atoms with van der Waals surface area (Å²) >= 11 is 0. The molecule has 2 unspecified atom stereocenters. The van der Waals surface area contributed by atoms with Gasteiger partial charge in [-0.25, -0.2) is 4.79 Å². The summed E-state index contributed by atoms with van der Waals surface area (Å²) in [6.07, 6.45) is 0.682. The molecule has 3 amide bonds. The lowest BCUT2D eigenvalue weighted by Gasteiger charge is -2.44. The van der Waals surface area contributed by atoms with Crippen LogP contribution in [0.1, 0.15) is 92.3 Å². The number of esters is 1. The van der Waals surface area contributed by atoms with Crippen LogP contribution >= 0.6 is 0 Å². The van der Waals surface area contributed by atoms with Gasteiger partial charge in [-0.05, 0) is 72.4 Å². The van der Waals surface area contributed by atoms with Crippen LogP contribution in [-0.4, -0.2) is 59.1 Å². The van der Waals surface area contributed by atoms with Crippen molar-refractivity contribution < 1.29 is 28.7 Å². The van der Waals surface area contributed by atoms with Gasteiger partial charge in [0.25, 0.3) is 0 Å². The molecule has 0 radical (unpaired) electrons. The van der Waals surface area contributed by atoms with Crippen LogP contribution in [0.15, 0.2) is 24.3 Å². The molecule has 1 aromatic rings. The quantitative estimate of drug-likeness (QED) is 0.398. The molecule has 0 aliphatic rings. The molecular formula is C28H45N3O6. The molecule has 1 aromatic carbocycles. The first-order valence-corrected chi connectivity index (χ1v) is 13.0. The maximum atomic E-state index is 13.9. The minimum atomic E-state index is -0.988. The minimum Gasteiger partial charge on any atom is -0.466 e. The molecule has 2 atom stereocenters. The van der Waals surface area contributed by atoms with E-state index in [1.807, 2.05) is 52.0 Å². The van der Waals surface area contributed by atoms with Gasteiger partial charge in [-0.2, -0.15) is 0 Å². The number of alkyl carbamates (subject to hydrolysis) is 1. The largest absolute Gasteiger partial charge is 0.466 e.